The first-order chi connectivity index (χ1) is 8.49. The van der Waals surface area contributed by atoms with Crippen LogP contribution < -0.4 is 0 Å². The van der Waals surface area contributed by atoms with E-state index in [2.05, 4.69) is 55.4 Å². The normalized spacial score (nSPS) is 7.45. The molecule has 0 rings (SSSR count). The summed E-state index contributed by atoms with van der Waals surface area (Å²) in [7, 11) is 0. The summed E-state index contributed by atoms with van der Waals surface area (Å²) in [5.74, 6) is 0. The van der Waals surface area contributed by atoms with Crippen LogP contribution in [0.3, 0.4) is 0 Å². The minimum atomic E-state index is 0. The molecule has 0 atom stereocenters. The number of rotatable bonds is 8. The number of hydrogen-bond acceptors (Lipinski definition) is 0. The molecule has 0 fully saturated rings. The van der Waals surface area contributed by atoms with Crippen molar-refractivity contribution in [3.63, 3.8) is 0 Å². The molecule has 2 nitrogen and oxygen atoms in total. The standard InChI is InChI=1S/2C8H20N.8S.Sn.2W/c2*1-5-9(6-2,7-3)8-4;;;;;;;;;;;/h2*5-8H2,1-4H3;;;;;;;;;;;/q2*+1;8*-2;+4;;. The molecule has 0 aliphatic carbocycles. The third kappa shape index (κ3) is 37.6. The second-order valence-corrected chi connectivity index (χ2v) is 5.21. The average molecular weight is 1000 g/mol. The third-order valence-electron chi connectivity index (χ3n) is 5.37. The van der Waals surface area contributed by atoms with Gasteiger partial charge in [-0.3, -0.25) is 0 Å². The first-order valence-corrected chi connectivity index (χ1v) is 8.19. The molecule has 0 aromatic rings. The fraction of sp³-hybridized carbons (Fsp3) is 1.00. The van der Waals surface area contributed by atoms with Gasteiger partial charge < -0.3 is 117 Å². The fourth-order valence-electron chi connectivity index (χ4n) is 2.68. The molecule has 0 heterocycles. The average Bonchev–Trinajstić information content (AvgIpc) is 2.46. The van der Waals surface area contributed by atoms with E-state index in [1.54, 1.807) is 0 Å². The quantitative estimate of drug-likeness (QED) is 0.259. The fourth-order valence-corrected chi connectivity index (χ4v) is 2.68. The van der Waals surface area contributed by atoms with E-state index in [-0.39, 0.29) is 174 Å². The molecule has 0 amide bonds. The minimum absolute atomic E-state index is 0. The zero-order valence-electron chi connectivity index (χ0n) is 19.1. The maximum absolute atomic E-state index is 2.27. The molecule has 0 saturated heterocycles. The van der Waals surface area contributed by atoms with Gasteiger partial charge in [0.25, 0.3) is 0 Å². The second-order valence-electron chi connectivity index (χ2n) is 5.21. The van der Waals surface area contributed by atoms with Crippen LogP contribution in [0.4, 0.5) is 0 Å². The molecule has 188 valence electrons. The van der Waals surface area contributed by atoms with Crippen molar-refractivity contribution in [2.24, 2.45) is 0 Å². The van der Waals surface area contributed by atoms with E-state index in [0.717, 1.165) is 0 Å². The molecule has 0 radical (unpaired) electrons. The Bertz CT molecular complexity index is 155. The summed E-state index contributed by atoms with van der Waals surface area (Å²) in [6.07, 6.45) is 0. The summed E-state index contributed by atoms with van der Waals surface area (Å²) >= 11 is 0. The predicted octanol–water partition coefficient (Wildman–Crippen LogP) is 3.36. The Hall–Kier alpha value is 4.90. The van der Waals surface area contributed by atoms with Gasteiger partial charge in [0.2, 0.25) is 0 Å². The molecule has 0 spiro atoms. The first-order valence-electron chi connectivity index (χ1n) is 8.19. The summed E-state index contributed by atoms with van der Waals surface area (Å²) < 4.78 is 2.56. The van der Waals surface area contributed by atoms with E-state index < -0.39 is 0 Å². The molecule has 0 N–H and O–H groups in total. The van der Waals surface area contributed by atoms with E-state index in [1.165, 1.54) is 61.3 Å². The van der Waals surface area contributed by atoms with Crippen LogP contribution in [0, 0.1) is 0 Å². The smallest absolute Gasteiger partial charge is 2.00 e. The summed E-state index contributed by atoms with van der Waals surface area (Å²) in [6.45, 7) is 28.4. The van der Waals surface area contributed by atoms with Crippen LogP contribution in [0.15, 0.2) is 0 Å². The molecular formula is C16H40N2S8SnW2-10. The van der Waals surface area contributed by atoms with Gasteiger partial charge >= 0.3 is 23.9 Å². The number of quaternary nitrogens is 2. The van der Waals surface area contributed by atoms with Crippen molar-refractivity contribution in [3.05, 3.63) is 0 Å². The van der Waals surface area contributed by atoms with Crippen LogP contribution in [-0.2, 0) is 150 Å². The van der Waals surface area contributed by atoms with Crippen LogP contribution >= 0.6 is 0 Å². The Morgan fingerprint density at radius 3 is 0.379 bits per heavy atom. The Labute approximate surface area is 287 Å². The van der Waals surface area contributed by atoms with E-state index in [9.17, 15) is 0 Å². The van der Waals surface area contributed by atoms with Gasteiger partial charge in [-0.2, -0.15) is 0 Å². The van der Waals surface area contributed by atoms with Crippen molar-refractivity contribution >= 4 is 132 Å². The topological polar surface area (TPSA) is 0 Å². The van der Waals surface area contributed by atoms with Gasteiger partial charge in [0.15, 0.2) is 0 Å². The SMILES string of the molecule is CC[N+](CC)(CC)CC.CC[N+](CC)(CC)CC.[S-2].[S-2].[S-2].[S-2].[S-2].[S-2].[S-2].[S-2].[Sn+4].[W].[W]. The summed E-state index contributed by atoms with van der Waals surface area (Å²) in [5.41, 5.74) is 0. The largest absolute Gasteiger partial charge is 4.00 e. The zero-order chi connectivity index (χ0) is 14.7. The Morgan fingerprint density at radius 1 is 0.310 bits per heavy atom. The van der Waals surface area contributed by atoms with E-state index in [1.807, 2.05) is 0 Å². The number of hydrogen-bond donors (Lipinski definition) is 0. The summed E-state index contributed by atoms with van der Waals surface area (Å²) in [6, 6.07) is 0. The van der Waals surface area contributed by atoms with Crippen molar-refractivity contribution < 1.29 is 51.1 Å². The Balaban J connectivity index is -0.0000000116. The van der Waals surface area contributed by atoms with Crippen LogP contribution in [0.25, 0.3) is 0 Å². The molecule has 29 heavy (non-hydrogen) atoms. The first kappa shape index (κ1) is 84.0. The predicted molar refractivity (Wildman–Crippen MR) is 150 cm³/mol. The number of nitrogens with zero attached hydrogens (tertiary/aromatic N) is 2. The maximum atomic E-state index is 2.27. The Morgan fingerprint density at radius 2 is 0.379 bits per heavy atom. The van der Waals surface area contributed by atoms with Crippen molar-refractivity contribution in [2.75, 3.05) is 52.4 Å². The Kier molecular flexibility index (Phi) is 156. The van der Waals surface area contributed by atoms with Crippen LogP contribution in [0.5, 0.6) is 0 Å². The third-order valence-corrected chi connectivity index (χ3v) is 5.37. The zero-order valence-corrected chi connectivity index (χ0v) is 34.4. The molecule has 13 heteroatoms. The van der Waals surface area contributed by atoms with Crippen molar-refractivity contribution in [1.29, 1.82) is 0 Å². The summed E-state index contributed by atoms with van der Waals surface area (Å²) in [4.78, 5) is 0. The van der Waals surface area contributed by atoms with Gasteiger partial charge in [-0.25, -0.2) is 0 Å². The van der Waals surface area contributed by atoms with Crippen molar-refractivity contribution in [1.82, 2.24) is 0 Å². The van der Waals surface area contributed by atoms with Crippen LogP contribution in [0.2, 0.25) is 0 Å². The molecule has 0 aliphatic heterocycles. The second kappa shape index (κ2) is 54.0. The van der Waals surface area contributed by atoms with Gasteiger partial charge in [0.05, 0.1) is 52.4 Å². The van der Waals surface area contributed by atoms with Gasteiger partial charge in [-0.15, -0.1) is 0 Å². The molecule has 0 aromatic heterocycles. The molecule has 0 bridgehead atoms. The van der Waals surface area contributed by atoms with Gasteiger partial charge in [0, 0.05) is 42.1 Å². The molecule has 0 unspecified atom stereocenters. The summed E-state index contributed by atoms with van der Waals surface area (Å²) in [5, 5.41) is 0. The minimum Gasteiger partial charge on any atom is -2.00 e. The van der Waals surface area contributed by atoms with Gasteiger partial charge in [-0.05, 0) is 55.4 Å². The van der Waals surface area contributed by atoms with Crippen LogP contribution in [-0.4, -0.2) is 85.2 Å². The van der Waals surface area contributed by atoms with Gasteiger partial charge in [0.1, 0.15) is 0 Å². The van der Waals surface area contributed by atoms with E-state index >= 15 is 0 Å². The monoisotopic (exact) mass is 1000 g/mol. The van der Waals surface area contributed by atoms with E-state index in [4.69, 9.17) is 0 Å². The molecule has 0 aliphatic rings. The molecule has 0 aromatic carbocycles. The molecule has 0 saturated carbocycles. The van der Waals surface area contributed by atoms with E-state index in [0.29, 0.717) is 0 Å². The van der Waals surface area contributed by atoms with Gasteiger partial charge in [-0.1, -0.05) is 0 Å². The maximum Gasteiger partial charge on any atom is 4.00 e. The van der Waals surface area contributed by atoms with Crippen molar-refractivity contribution in [2.45, 2.75) is 55.4 Å². The van der Waals surface area contributed by atoms with Crippen molar-refractivity contribution in [3.8, 4) is 0 Å². The van der Waals surface area contributed by atoms with Crippen LogP contribution in [0.1, 0.15) is 55.4 Å². The molecular weight excluding hydrogens is 963 g/mol.